The average Bonchev–Trinajstić information content (AvgIpc) is 4.02. The van der Waals surface area contributed by atoms with Crippen LogP contribution in [0, 0.1) is 10.8 Å². The molecule has 2 heterocycles. The number of allylic oxidation sites excluding steroid dienone is 20. The number of amides is 2. The predicted molar refractivity (Wildman–Crippen MR) is 264 cm³/mol. The van der Waals surface area contributed by atoms with Gasteiger partial charge in [-0.3, -0.25) is 28.3 Å². The Labute approximate surface area is 400 Å². The first-order valence-corrected chi connectivity index (χ1v) is 22.7. The number of imidazole rings is 2. The van der Waals surface area contributed by atoms with Gasteiger partial charge in [0.15, 0.2) is 23.8 Å². The summed E-state index contributed by atoms with van der Waals surface area (Å²) in [5.74, 6) is -1.53. The zero-order valence-electron chi connectivity index (χ0n) is 41.0. The van der Waals surface area contributed by atoms with E-state index in [-0.39, 0.29) is 37.5 Å². The highest BCUT2D eigenvalue weighted by Crippen LogP contribution is 2.42. The maximum atomic E-state index is 13.3. The smallest absolute Gasteiger partial charge is 0.326 e. The highest BCUT2D eigenvalue weighted by Gasteiger charge is 2.41. The standard InChI is InChI=1S/C54H66N6O8/c1-37(17-13-19-39(3)21-23-43-41(5)49(63)45(33-53(43,7)8)67-47(61)25-27-57-51(65)59-31-29-55-35-59)15-11-12-16-38(2)18-14-20-40(4)22-24-44-42(6)50(64)46(34-54(44,9)10)68-48(62)26-28-58-52(66)60-32-30-56-36-60/h11-24,29-32,35-36,45-46H,25-28,33-34H2,1-10H3,(H,57,65)(H,58,66)/b12-11+,17-13+,18-14+,23-21+,24-22+,37-15+,38-16+,39-19+,40-20+/t45-,46-/m0/s1. The van der Waals surface area contributed by atoms with Crippen LogP contribution in [0.2, 0.25) is 0 Å². The van der Waals surface area contributed by atoms with E-state index in [1.807, 2.05) is 140 Å². The first kappa shape index (κ1) is 53.4. The number of ether oxygens (including phenoxy) is 2. The van der Waals surface area contributed by atoms with Crippen molar-refractivity contribution in [2.75, 3.05) is 13.1 Å². The number of rotatable bonds is 18. The molecule has 360 valence electrons. The number of ketones is 2. The van der Waals surface area contributed by atoms with Crippen molar-refractivity contribution in [3.63, 3.8) is 0 Å². The zero-order chi connectivity index (χ0) is 50.0. The molecule has 14 nitrogen and oxygen atoms in total. The number of carbonyl (C=O) groups excluding carboxylic acids is 6. The Bertz CT molecular complexity index is 2360. The molecule has 2 amide bonds. The minimum absolute atomic E-state index is 0.0588. The molecule has 0 bridgehead atoms. The summed E-state index contributed by atoms with van der Waals surface area (Å²) in [5.41, 5.74) is 6.23. The monoisotopic (exact) mass is 926 g/mol. The third-order valence-corrected chi connectivity index (χ3v) is 11.5. The minimum atomic E-state index is -0.882. The first-order chi connectivity index (χ1) is 32.2. The van der Waals surface area contributed by atoms with E-state index in [0.29, 0.717) is 24.0 Å². The molecule has 0 aromatic carbocycles. The molecule has 68 heavy (non-hydrogen) atoms. The summed E-state index contributed by atoms with van der Waals surface area (Å²) >= 11 is 0. The average molecular weight is 927 g/mol. The predicted octanol–water partition coefficient (Wildman–Crippen LogP) is 9.70. The van der Waals surface area contributed by atoms with E-state index >= 15 is 0 Å². The highest BCUT2D eigenvalue weighted by atomic mass is 16.6. The van der Waals surface area contributed by atoms with E-state index in [1.165, 1.54) is 46.6 Å². The van der Waals surface area contributed by atoms with Gasteiger partial charge in [0.1, 0.15) is 12.7 Å². The second kappa shape index (κ2) is 25.1. The van der Waals surface area contributed by atoms with E-state index in [4.69, 9.17) is 9.47 Å². The summed E-state index contributed by atoms with van der Waals surface area (Å²) in [5, 5.41) is 5.25. The molecule has 14 heteroatoms. The fraction of sp³-hybridized carbons (Fsp3) is 0.370. The van der Waals surface area contributed by atoms with Crippen molar-refractivity contribution in [2.45, 2.75) is 107 Å². The Morgan fingerprint density at radius 3 is 1.31 bits per heavy atom. The van der Waals surface area contributed by atoms with Gasteiger partial charge in [-0.1, -0.05) is 135 Å². The van der Waals surface area contributed by atoms with Crippen molar-refractivity contribution in [3.8, 4) is 0 Å². The van der Waals surface area contributed by atoms with Gasteiger partial charge in [-0.25, -0.2) is 19.6 Å². The molecule has 0 radical (unpaired) electrons. The first-order valence-electron chi connectivity index (χ1n) is 22.7. The van der Waals surface area contributed by atoms with Crippen molar-refractivity contribution in [1.29, 1.82) is 0 Å². The Balaban J connectivity index is 1.23. The summed E-state index contributed by atoms with van der Waals surface area (Å²) in [7, 11) is 0. The van der Waals surface area contributed by atoms with Crippen molar-refractivity contribution in [3.05, 3.63) is 167 Å². The molecule has 2 N–H and O–H groups in total. The summed E-state index contributed by atoms with van der Waals surface area (Å²) in [6.45, 7) is 19.8. The van der Waals surface area contributed by atoms with Gasteiger partial charge in [0, 0.05) is 50.7 Å². The third kappa shape index (κ3) is 16.3. The van der Waals surface area contributed by atoms with Crippen molar-refractivity contribution < 1.29 is 38.2 Å². The lowest BCUT2D eigenvalue weighted by atomic mass is 9.71. The molecule has 0 saturated heterocycles. The van der Waals surface area contributed by atoms with Crippen LogP contribution >= 0.6 is 0 Å². The lowest BCUT2D eigenvalue weighted by Gasteiger charge is -2.36. The molecule has 0 saturated carbocycles. The van der Waals surface area contributed by atoms with Crippen LogP contribution in [0.25, 0.3) is 0 Å². The van der Waals surface area contributed by atoms with Crippen LogP contribution in [0.4, 0.5) is 9.59 Å². The second-order valence-electron chi connectivity index (χ2n) is 18.3. The Kier molecular flexibility index (Phi) is 19.7. The van der Waals surface area contributed by atoms with Gasteiger partial charge in [0.2, 0.25) is 0 Å². The molecule has 0 fully saturated rings. The maximum Gasteiger partial charge on any atom is 0.326 e. The van der Waals surface area contributed by atoms with Gasteiger partial charge >= 0.3 is 24.0 Å². The lowest BCUT2D eigenvalue weighted by Crippen LogP contribution is -2.39. The van der Waals surface area contributed by atoms with E-state index < -0.39 is 47.0 Å². The number of Topliss-reactive ketones (excluding diaryl/α,β-unsaturated/α-hetero) is 2. The largest absolute Gasteiger partial charge is 0.454 e. The fourth-order valence-corrected chi connectivity index (χ4v) is 7.68. The van der Waals surface area contributed by atoms with Crippen LogP contribution in [-0.4, -0.2) is 80.0 Å². The molecule has 0 spiro atoms. The van der Waals surface area contributed by atoms with Crippen LogP contribution in [0.5, 0.6) is 0 Å². The van der Waals surface area contributed by atoms with E-state index in [2.05, 4.69) is 20.6 Å². The highest BCUT2D eigenvalue weighted by molar-refractivity contribution is 6.02. The zero-order valence-corrected chi connectivity index (χ0v) is 41.0. The summed E-state index contributed by atoms with van der Waals surface area (Å²) in [6, 6.07) is -0.809. The van der Waals surface area contributed by atoms with Crippen LogP contribution < -0.4 is 10.6 Å². The van der Waals surface area contributed by atoms with E-state index in [0.717, 1.165) is 33.4 Å². The number of hydrogen-bond acceptors (Lipinski definition) is 10. The molecule has 4 rings (SSSR count). The number of nitrogens with one attached hydrogen (secondary N) is 2. The topological polar surface area (TPSA) is 181 Å². The second-order valence-corrected chi connectivity index (χ2v) is 18.3. The number of carbonyl (C=O) groups is 6. The number of aromatic nitrogens is 4. The normalized spacial score (nSPS) is 19.6. The number of esters is 2. The fourth-order valence-electron chi connectivity index (χ4n) is 7.68. The minimum Gasteiger partial charge on any atom is -0.454 e. The van der Waals surface area contributed by atoms with Crippen molar-refractivity contribution in [2.24, 2.45) is 10.8 Å². The van der Waals surface area contributed by atoms with Crippen LogP contribution in [0.15, 0.2) is 167 Å². The van der Waals surface area contributed by atoms with Gasteiger partial charge in [-0.05, 0) is 74.7 Å². The van der Waals surface area contributed by atoms with E-state index in [9.17, 15) is 28.8 Å². The third-order valence-electron chi connectivity index (χ3n) is 11.5. The van der Waals surface area contributed by atoms with Crippen LogP contribution in [0.3, 0.4) is 0 Å². The molecule has 0 unspecified atom stereocenters. The van der Waals surface area contributed by atoms with Gasteiger partial charge < -0.3 is 20.1 Å². The molecular formula is C54H66N6O8. The molecular weight excluding hydrogens is 861 g/mol. The van der Waals surface area contributed by atoms with Gasteiger partial charge in [-0.15, -0.1) is 0 Å². The van der Waals surface area contributed by atoms with E-state index in [1.54, 1.807) is 13.8 Å². The Hall–Kier alpha value is -7.22. The van der Waals surface area contributed by atoms with Crippen molar-refractivity contribution >= 4 is 35.6 Å². The molecule has 2 atom stereocenters. The SMILES string of the molecule is CC1=C(/C=C/C(C)=C/C=C/C(C)=C/C=C/C=C(C)/C=C/C=C(C)/C=C/C2=C(C)C(=O)[C@@H](OC(=O)CCNC(=O)n3ccnc3)CC2(C)C)C(C)(C)C[C@H](OC(=O)CCNC(=O)n2ccnc2)C1=O. The Morgan fingerprint density at radius 2 is 0.956 bits per heavy atom. The Morgan fingerprint density at radius 1 is 0.603 bits per heavy atom. The summed E-state index contributed by atoms with van der Waals surface area (Å²) in [4.78, 5) is 83.4. The van der Waals surface area contributed by atoms with Crippen molar-refractivity contribution in [1.82, 2.24) is 29.7 Å². The summed E-state index contributed by atoms with van der Waals surface area (Å²) < 4.78 is 13.7. The van der Waals surface area contributed by atoms with Gasteiger partial charge in [-0.2, -0.15) is 0 Å². The molecule has 2 aliphatic carbocycles. The molecule has 2 aromatic rings. The number of nitrogens with zero attached hydrogens (tertiary/aromatic N) is 4. The summed E-state index contributed by atoms with van der Waals surface area (Å²) in [6.07, 6.45) is 35.4. The molecule has 2 aromatic heterocycles. The molecule has 0 aliphatic heterocycles. The molecule has 2 aliphatic rings. The van der Waals surface area contributed by atoms with Crippen LogP contribution in [0.1, 0.15) is 94.9 Å². The number of hydrogen-bond donors (Lipinski definition) is 2. The maximum absolute atomic E-state index is 13.3. The quantitative estimate of drug-likeness (QED) is 0.108. The lowest BCUT2D eigenvalue weighted by molar-refractivity contribution is -0.156. The van der Waals surface area contributed by atoms with Gasteiger partial charge in [0.05, 0.1) is 12.8 Å². The van der Waals surface area contributed by atoms with Gasteiger partial charge in [0.25, 0.3) is 0 Å². The van der Waals surface area contributed by atoms with Crippen LogP contribution in [-0.2, 0) is 28.7 Å².